The second-order valence-electron chi connectivity index (χ2n) is 7.95. The van der Waals surface area contributed by atoms with Gasteiger partial charge in [-0.15, -0.1) is 15.3 Å². The van der Waals surface area contributed by atoms with Crippen LogP contribution in [0.15, 0.2) is 12.1 Å². The number of aryl methyl sites for hydroxylation is 1. The molecule has 0 amide bonds. The van der Waals surface area contributed by atoms with E-state index in [9.17, 15) is 0 Å². The number of H-pyrrole nitrogens is 1. The molecule has 142 valence electrons. The Kier molecular flexibility index (Phi) is 4.07. The zero-order valence-electron chi connectivity index (χ0n) is 16.0. The van der Waals surface area contributed by atoms with E-state index in [2.05, 4.69) is 25.3 Å². The highest BCUT2D eigenvalue weighted by atomic mass is 15.4. The number of anilines is 1. The molecule has 0 radical (unpaired) electrons. The molecule has 1 fully saturated rings. The summed E-state index contributed by atoms with van der Waals surface area (Å²) >= 11 is 0. The number of piperidine rings is 1. The van der Waals surface area contributed by atoms with Crippen LogP contribution in [0.5, 0.6) is 0 Å². The molecule has 8 heteroatoms. The molecule has 4 heterocycles. The fourth-order valence-corrected chi connectivity index (χ4v) is 4.37. The van der Waals surface area contributed by atoms with Crippen molar-refractivity contribution in [1.29, 1.82) is 0 Å². The number of nitrogens with zero attached hydrogens (tertiary/aromatic N) is 7. The Hall–Kier alpha value is -2.48. The van der Waals surface area contributed by atoms with Crippen molar-refractivity contribution in [3.8, 4) is 0 Å². The van der Waals surface area contributed by atoms with Crippen LogP contribution in [0.25, 0.3) is 5.65 Å². The summed E-state index contributed by atoms with van der Waals surface area (Å²) in [7, 11) is 4.00. The van der Waals surface area contributed by atoms with E-state index >= 15 is 0 Å². The summed E-state index contributed by atoms with van der Waals surface area (Å²) in [5.74, 6) is 2.33. The fraction of sp³-hybridized carbons (Fsp3) is 0.579. The van der Waals surface area contributed by atoms with Gasteiger partial charge in [0.25, 0.3) is 0 Å². The summed E-state index contributed by atoms with van der Waals surface area (Å²) in [6.45, 7) is 3.09. The van der Waals surface area contributed by atoms with Crippen molar-refractivity contribution >= 4 is 11.5 Å². The Labute approximate surface area is 158 Å². The Balaban J connectivity index is 1.29. The molecule has 0 atom stereocenters. The Morgan fingerprint density at radius 3 is 2.81 bits per heavy atom. The van der Waals surface area contributed by atoms with Gasteiger partial charge in [-0.1, -0.05) is 0 Å². The number of hydrogen-bond acceptors (Lipinski definition) is 6. The molecule has 3 aromatic rings. The summed E-state index contributed by atoms with van der Waals surface area (Å²) in [4.78, 5) is 4.53. The molecule has 1 N–H and O–H groups in total. The number of likely N-dealkylation sites (tertiary alicyclic amines) is 1. The molecule has 0 aromatic carbocycles. The normalized spacial score (nSPS) is 18.3. The van der Waals surface area contributed by atoms with E-state index in [4.69, 9.17) is 5.10 Å². The predicted molar refractivity (Wildman–Crippen MR) is 103 cm³/mol. The number of rotatable bonds is 4. The third-order valence-electron chi connectivity index (χ3n) is 5.95. The zero-order chi connectivity index (χ0) is 18.4. The maximum Gasteiger partial charge on any atom is 0.178 e. The van der Waals surface area contributed by atoms with Crippen molar-refractivity contribution in [2.45, 2.75) is 44.6 Å². The standard InChI is InChI=1S/C19H26N8/c1-25(2)18-7-6-17-22-23-19(27(17)24-18)13-8-10-26(11-9-13)12-16-14-4-3-5-15(14)20-21-16/h6-7,13H,3-5,8-12H2,1-2H3,(H,20,21). The Bertz CT molecular complexity index is 948. The third-order valence-corrected chi connectivity index (χ3v) is 5.95. The molecule has 1 aliphatic heterocycles. The number of hydrogen-bond donors (Lipinski definition) is 1. The van der Waals surface area contributed by atoms with Gasteiger partial charge in [0, 0.05) is 32.3 Å². The molecule has 0 unspecified atom stereocenters. The van der Waals surface area contributed by atoms with E-state index in [1.807, 2.05) is 35.6 Å². The summed E-state index contributed by atoms with van der Waals surface area (Å²) < 4.78 is 1.93. The minimum Gasteiger partial charge on any atom is -0.361 e. The van der Waals surface area contributed by atoms with Crippen molar-refractivity contribution in [2.75, 3.05) is 32.1 Å². The summed E-state index contributed by atoms with van der Waals surface area (Å²) in [6.07, 6.45) is 5.78. The maximum absolute atomic E-state index is 4.72. The van der Waals surface area contributed by atoms with Crippen LogP contribution in [-0.2, 0) is 19.4 Å². The minimum absolute atomic E-state index is 0.408. The maximum atomic E-state index is 4.72. The fourth-order valence-electron chi connectivity index (χ4n) is 4.37. The molecule has 2 aliphatic rings. The molecule has 5 rings (SSSR count). The van der Waals surface area contributed by atoms with Crippen molar-refractivity contribution in [3.05, 3.63) is 34.9 Å². The SMILES string of the molecule is CN(C)c1ccc2nnc(C3CCN(Cc4n[nH]c5c4CCC5)CC3)n2n1. The lowest BCUT2D eigenvalue weighted by Gasteiger charge is -2.30. The van der Waals surface area contributed by atoms with Crippen LogP contribution >= 0.6 is 0 Å². The van der Waals surface area contributed by atoms with E-state index in [-0.39, 0.29) is 0 Å². The van der Waals surface area contributed by atoms with Gasteiger partial charge in [0.15, 0.2) is 11.5 Å². The highest BCUT2D eigenvalue weighted by molar-refractivity contribution is 5.45. The van der Waals surface area contributed by atoms with Crippen LogP contribution in [-0.4, -0.2) is 62.1 Å². The molecule has 0 bridgehead atoms. The smallest absolute Gasteiger partial charge is 0.178 e. The lowest BCUT2D eigenvalue weighted by Crippen LogP contribution is -2.33. The quantitative estimate of drug-likeness (QED) is 0.758. The number of fused-ring (bicyclic) bond motifs is 2. The Morgan fingerprint density at radius 2 is 2.00 bits per heavy atom. The first-order chi connectivity index (χ1) is 13.2. The largest absolute Gasteiger partial charge is 0.361 e. The van der Waals surface area contributed by atoms with Crippen molar-refractivity contribution in [3.63, 3.8) is 0 Å². The van der Waals surface area contributed by atoms with E-state index in [0.717, 1.165) is 56.2 Å². The van der Waals surface area contributed by atoms with Gasteiger partial charge in [-0.3, -0.25) is 10.00 Å². The third kappa shape index (κ3) is 2.97. The van der Waals surface area contributed by atoms with Gasteiger partial charge in [-0.2, -0.15) is 9.61 Å². The van der Waals surface area contributed by atoms with Gasteiger partial charge in [0.1, 0.15) is 5.82 Å². The first-order valence-electron chi connectivity index (χ1n) is 9.86. The highest BCUT2D eigenvalue weighted by Gasteiger charge is 2.27. The molecule has 0 spiro atoms. The Morgan fingerprint density at radius 1 is 1.15 bits per heavy atom. The van der Waals surface area contributed by atoms with Crippen molar-refractivity contribution in [1.82, 2.24) is 34.9 Å². The number of aromatic amines is 1. The topological polar surface area (TPSA) is 78.2 Å². The summed E-state index contributed by atoms with van der Waals surface area (Å²) in [5, 5.41) is 21.3. The average molecular weight is 366 g/mol. The van der Waals surface area contributed by atoms with E-state index < -0.39 is 0 Å². The second kappa shape index (κ2) is 6.60. The van der Waals surface area contributed by atoms with Gasteiger partial charge in [0.2, 0.25) is 0 Å². The van der Waals surface area contributed by atoms with Gasteiger partial charge in [0.05, 0.1) is 5.69 Å². The monoisotopic (exact) mass is 366 g/mol. The number of aromatic nitrogens is 6. The molecule has 1 saturated heterocycles. The molecule has 0 saturated carbocycles. The second-order valence-corrected chi connectivity index (χ2v) is 7.95. The first kappa shape index (κ1) is 16.7. The van der Waals surface area contributed by atoms with Crippen LogP contribution in [0.3, 0.4) is 0 Å². The molecule has 27 heavy (non-hydrogen) atoms. The van der Waals surface area contributed by atoms with Gasteiger partial charge < -0.3 is 4.90 Å². The van der Waals surface area contributed by atoms with Crippen LogP contribution < -0.4 is 4.90 Å². The predicted octanol–water partition coefficient (Wildman–Crippen LogP) is 1.78. The van der Waals surface area contributed by atoms with Crippen molar-refractivity contribution in [2.24, 2.45) is 0 Å². The van der Waals surface area contributed by atoms with E-state index in [1.54, 1.807) is 0 Å². The zero-order valence-corrected chi connectivity index (χ0v) is 16.0. The van der Waals surface area contributed by atoms with Crippen molar-refractivity contribution < 1.29 is 0 Å². The lowest BCUT2D eigenvalue weighted by molar-refractivity contribution is 0.198. The van der Waals surface area contributed by atoms with Crippen LogP contribution in [0.2, 0.25) is 0 Å². The molecular weight excluding hydrogens is 340 g/mol. The minimum atomic E-state index is 0.408. The van der Waals surface area contributed by atoms with Gasteiger partial charge in [-0.05, 0) is 62.9 Å². The van der Waals surface area contributed by atoms with Gasteiger partial charge >= 0.3 is 0 Å². The summed E-state index contributed by atoms with van der Waals surface area (Å²) in [6, 6.07) is 3.98. The molecular formula is C19H26N8. The van der Waals surface area contributed by atoms with E-state index in [1.165, 1.54) is 29.8 Å². The van der Waals surface area contributed by atoms with Gasteiger partial charge in [-0.25, -0.2) is 0 Å². The highest BCUT2D eigenvalue weighted by Crippen LogP contribution is 2.29. The average Bonchev–Trinajstić information content (AvgIpc) is 3.39. The summed E-state index contributed by atoms with van der Waals surface area (Å²) in [5.41, 5.74) is 4.91. The lowest BCUT2D eigenvalue weighted by atomic mass is 9.96. The van der Waals surface area contributed by atoms with Crippen LogP contribution in [0.4, 0.5) is 5.82 Å². The number of nitrogens with one attached hydrogen (secondary N) is 1. The van der Waals surface area contributed by atoms with Crippen LogP contribution in [0.1, 0.15) is 48.0 Å². The molecule has 3 aromatic heterocycles. The molecule has 8 nitrogen and oxygen atoms in total. The van der Waals surface area contributed by atoms with Crippen LogP contribution in [0, 0.1) is 0 Å². The first-order valence-corrected chi connectivity index (χ1v) is 9.86. The molecule has 1 aliphatic carbocycles. The van der Waals surface area contributed by atoms with E-state index in [0.29, 0.717) is 5.92 Å².